The lowest BCUT2D eigenvalue weighted by Gasteiger charge is -2.05. The Balaban J connectivity index is 2.03. The molecule has 2 N–H and O–H groups in total. The van der Waals surface area contributed by atoms with Crippen molar-refractivity contribution in [1.82, 2.24) is 10.3 Å². The first-order valence-corrected chi connectivity index (χ1v) is 4.82. The molecule has 0 spiro atoms. The van der Waals surface area contributed by atoms with Crippen LogP contribution in [0.3, 0.4) is 0 Å². The van der Waals surface area contributed by atoms with E-state index in [2.05, 4.69) is 10.3 Å². The highest BCUT2D eigenvalue weighted by Crippen LogP contribution is 2.31. The van der Waals surface area contributed by atoms with E-state index in [0.29, 0.717) is 11.6 Å². The molecule has 2 heterocycles. The fraction of sp³-hybridized carbons (Fsp3) is 0.429. The summed E-state index contributed by atoms with van der Waals surface area (Å²) in [7, 11) is 0. The molecule has 13 heavy (non-hydrogen) atoms. The first kappa shape index (κ1) is 8.58. The molecule has 70 valence electrons. The SMILES string of the molecule is O=C(O)C1CSC(c2ncco2)N1. The molecule has 2 atom stereocenters. The van der Waals surface area contributed by atoms with Crippen molar-refractivity contribution in [2.75, 3.05) is 5.75 Å². The number of rotatable bonds is 2. The van der Waals surface area contributed by atoms with E-state index >= 15 is 0 Å². The number of hydrogen-bond acceptors (Lipinski definition) is 5. The van der Waals surface area contributed by atoms with Gasteiger partial charge in [0.25, 0.3) is 0 Å². The predicted octanol–water partition coefficient (Wildman–Crippen LogP) is 0.463. The molecular weight excluding hydrogens is 192 g/mol. The number of oxazole rings is 1. The summed E-state index contributed by atoms with van der Waals surface area (Å²) in [5.74, 6) is 0.248. The second-order valence-electron chi connectivity index (χ2n) is 2.64. The van der Waals surface area contributed by atoms with E-state index < -0.39 is 12.0 Å². The van der Waals surface area contributed by atoms with Crippen LogP contribution >= 0.6 is 11.8 Å². The van der Waals surface area contributed by atoms with Crippen LogP contribution in [0.2, 0.25) is 0 Å². The summed E-state index contributed by atoms with van der Waals surface area (Å²) >= 11 is 1.49. The zero-order valence-corrected chi connectivity index (χ0v) is 7.45. The maximum atomic E-state index is 10.6. The van der Waals surface area contributed by atoms with E-state index in [0.717, 1.165) is 0 Å². The Bertz CT molecular complexity index is 301. The first-order valence-electron chi connectivity index (χ1n) is 3.77. The Labute approximate surface area is 78.5 Å². The van der Waals surface area contributed by atoms with Crippen LogP contribution in [-0.2, 0) is 4.79 Å². The second-order valence-corrected chi connectivity index (χ2v) is 3.78. The third-order valence-corrected chi connectivity index (χ3v) is 2.95. The lowest BCUT2D eigenvalue weighted by atomic mass is 10.3. The third kappa shape index (κ3) is 1.68. The Morgan fingerprint density at radius 1 is 1.85 bits per heavy atom. The molecule has 5 nitrogen and oxygen atoms in total. The van der Waals surface area contributed by atoms with Gasteiger partial charge in [0.05, 0.1) is 6.20 Å². The van der Waals surface area contributed by atoms with Gasteiger partial charge in [-0.25, -0.2) is 4.98 Å². The van der Waals surface area contributed by atoms with E-state index in [9.17, 15) is 4.79 Å². The summed E-state index contributed by atoms with van der Waals surface area (Å²) in [5, 5.41) is 11.5. The molecule has 0 aliphatic carbocycles. The highest BCUT2D eigenvalue weighted by atomic mass is 32.2. The average molecular weight is 200 g/mol. The second kappa shape index (κ2) is 3.39. The van der Waals surface area contributed by atoms with Crippen LogP contribution in [0.5, 0.6) is 0 Å². The van der Waals surface area contributed by atoms with E-state index in [-0.39, 0.29) is 5.37 Å². The quantitative estimate of drug-likeness (QED) is 0.722. The molecular formula is C7H8N2O3S. The Morgan fingerprint density at radius 3 is 3.23 bits per heavy atom. The number of thioether (sulfide) groups is 1. The van der Waals surface area contributed by atoms with Crippen molar-refractivity contribution in [2.45, 2.75) is 11.4 Å². The minimum atomic E-state index is -0.832. The van der Waals surface area contributed by atoms with Gasteiger partial charge in [-0.2, -0.15) is 0 Å². The number of carboxylic acids is 1. The Morgan fingerprint density at radius 2 is 2.69 bits per heavy atom. The van der Waals surface area contributed by atoms with Crippen molar-refractivity contribution in [1.29, 1.82) is 0 Å². The van der Waals surface area contributed by atoms with Gasteiger partial charge in [-0.15, -0.1) is 11.8 Å². The van der Waals surface area contributed by atoms with Crippen molar-refractivity contribution >= 4 is 17.7 Å². The summed E-state index contributed by atoms with van der Waals surface area (Å²) in [6.07, 6.45) is 3.03. The highest BCUT2D eigenvalue weighted by Gasteiger charge is 2.32. The van der Waals surface area contributed by atoms with Crippen LogP contribution < -0.4 is 5.32 Å². The fourth-order valence-corrected chi connectivity index (χ4v) is 2.26. The van der Waals surface area contributed by atoms with Crippen LogP contribution in [0.4, 0.5) is 0 Å². The lowest BCUT2D eigenvalue weighted by Crippen LogP contribution is -2.33. The predicted molar refractivity (Wildman–Crippen MR) is 46.3 cm³/mol. The molecule has 1 aliphatic rings. The zero-order chi connectivity index (χ0) is 9.26. The lowest BCUT2D eigenvalue weighted by molar-refractivity contribution is -0.138. The van der Waals surface area contributed by atoms with Crippen molar-refractivity contribution in [2.24, 2.45) is 0 Å². The van der Waals surface area contributed by atoms with Crippen LogP contribution in [0.15, 0.2) is 16.9 Å². The third-order valence-electron chi connectivity index (χ3n) is 1.76. The maximum absolute atomic E-state index is 10.6. The molecule has 2 unspecified atom stereocenters. The topological polar surface area (TPSA) is 75.4 Å². The van der Waals surface area contributed by atoms with Gasteiger partial charge in [0.1, 0.15) is 17.7 Å². The van der Waals surface area contributed by atoms with Gasteiger partial charge >= 0.3 is 5.97 Å². The molecule has 6 heteroatoms. The molecule has 0 bridgehead atoms. The minimum Gasteiger partial charge on any atom is -0.480 e. The van der Waals surface area contributed by atoms with Gasteiger partial charge in [-0.3, -0.25) is 10.1 Å². The van der Waals surface area contributed by atoms with Gasteiger partial charge in [0, 0.05) is 5.75 Å². The summed E-state index contributed by atoms with van der Waals surface area (Å²) in [4.78, 5) is 14.5. The standard InChI is InChI=1S/C7H8N2O3S/c10-7(11)4-3-13-6(9-4)5-8-1-2-12-5/h1-2,4,6,9H,3H2,(H,10,11). The van der Waals surface area contributed by atoms with Gasteiger partial charge in [0.15, 0.2) is 0 Å². The van der Waals surface area contributed by atoms with E-state index in [1.165, 1.54) is 18.0 Å². The molecule has 2 rings (SSSR count). The molecule has 0 amide bonds. The van der Waals surface area contributed by atoms with Gasteiger partial charge < -0.3 is 9.52 Å². The van der Waals surface area contributed by atoms with E-state index in [1.54, 1.807) is 6.20 Å². The van der Waals surface area contributed by atoms with Gasteiger partial charge in [0.2, 0.25) is 5.89 Å². The van der Waals surface area contributed by atoms with Crippen molar-refractivity contribution in [3.05, 3.63) is 18.4 Å². The van der Waals surface area contributed by atoms with E-state index in [1.807, 2.05) is 0 Å². The number of aliphatic carboxylic acids is 1. The highest BCUT2D eigenvalue weighted by molar-refractivity contribution is 7.99. The van der Waals surface area contributed by atoms with Crippen LogP contribution in [0.25, 0.3) is 0 Å². The van der Waals surface area contributed by atoms with Crippen molar-refractivity contribution in [3.8, 4) is 0 Å². The summed E-state index contributed by atoms with van der Waals surface area (Å²) in [6.45, 7) is 0. The number of nitrogens with zero attached hydrogens (tertiary/aromatic N) is 1. The number of nitrogens with one attached hydrogen (secondary N) is 1. The van der Waals surface area contributed by atoms with E-state index in [4.69, 9.17) is 9.52 Å². The average Bonchev–Trinajstić information content (AvgIpc) is 2.75. The Kier molecular flexibility index (Phi) is 2.24. The number of carbonyl (C=O) groups is 1. The van der Waals surface area contributed by atoms with Crippen LogP contribution in [0, 0.1) is 0 Å². The molecule has 1 aromatic heterocycles. The number of hydrogen-bond donors (Lipinski definition) is 2. The first-order chi connectivity index (χ1) is 6.27. The van der Waals surface area contributed by atoms with Crippen molar-refractivity contribution in [3.63, 3.8) is 0 Å². The van der Waals surface area contributed by atoms with Crippen LogP contribution in [0.1, 0.15) is 11.3 Å². The molecule has 1 fully saturated rings. The largest absolute Gasteiger partial charge is 0.480 e. The molecule has 0 saturated carbocycles. The fourth-order valence-electron chi connectivity index (χ4n) is 1.12. The summed E-state index contributed by atoms with van der Waals surface area (Å²) in [5.41, 5.74) is 0. The molecule has 1 aromatic rings. The van der Waals surface area contributed by atoms with Gasteiger partial charge in [-0.05, 0) is 0 Å². The molecule has 0 aromatic carbocycles. The maximum Gasteiger partial charge on any atom is 0.321 e. The summed E-state index contributed by atoms with van der Waals surface area (Å²) in [6, 6.07) is -0.498. The zero-order valence-electron chi connectivity index (χ0n) is 6.64. The normalized spacial score (nSPS) is 27.7. The summed E-state index contributed by atoms with van der Waals surface area (Å²) < 4.78 is 5.06. The number of carboxylic acid groups (broad SMARTS) is 1. The van der Waals surface area contributed by atoms with Crippen LogP contribution in [-0.4, -0.2) is 27.9 Å². The smallest absolute Gasteiger partial charge is 0.321 e. The molecule has 0 radical (unpaired) electrons. The minimum absolute atomic E-state index is 0.129. The monoisotopic (exact) mass is 200 g/mol. The van der Waals surface area contributed by atoms with Crippen molar-refractivity contribution < 1.29 is 14.3 Å². The molecule has 1 aliphatic heterocycles. The number of aromatic nitrogens is 1. The molecule has 1 saturated heterocycles. The van der Waals surface area contributed by atoms with Gasteiger partial charge in [-0.1, -0.05) is 0 Å². The Hall–Kier alpha value is -1.01.